The molecule has 2 aliphatic carbocycles. The molecule has 1 aliphatic heterocycles. The smallest absolute Gasteiger partial charge is 0.302 e. The Kier molecular flexibility index (Phi) is 4.11. The molecule has 0 aromatic carbocycles. The Morgan fingerprint density at radius 2 is 1.79 bits per heavy atom. The first-order valence-electron chi connectivity index (χ1n) is 8.27. The van der Waals surface area contributed by atoms with Crippen molar-refractivity contribution in [2.45, 2.75) is 70.4 Å². The number of quaternary nitrogens is 1. The molecular weight excluding hydrogens is 238 g/mol. The molecule has 3 fully saturated rings. The van der Waals surface area contributed by atoms with Gasteiger partial charge >= 0.3 is 5.97 Å². The molecule has 1 saturated heterocycles. The van der Waals surface area contributed by atoms with Crippen LogP contribution >= 0.6 is 0 Å². The van der Waals surface area contributed by atoms with E-state index in [1.54, 1.807) is 6.92 Å². The van der Waals surface area contributed by atoms with E-state index in [0.717, 1.165) is 6.04 Å². The normalized spacial score (nSPS) is 39.8. The molecule has 0 spiro atoms. The molecule has 2 bridgehead atoms. The summed E-state index contributed by atoms with van der Waals surface area (Å²) in [5.74, 6) is 1.23. The van der Waals surface area contributed by atoms with Crippen molar-refractivity contribution in [1.29, 1.82) is 0 Å². The van der Waals surface area contributed by atoms with Gasteiger partial charge in [0, 0.05) is 19.3 Å². The lowest BCUT2D eigenvalue weighted by Crippen LogP contribution is -3.17. The summed E-state index contributed by atoms with van der Waals surface area (Å²) in [7, 11) is 0. The average Bonchev–Trinajstić information content (AvgIpc) is 2.39. The first kappa shape index (κ1) is 13.4. The van der Waals surface area contributed by atoms with Crippen LogP contribution in [0.1, 0.15) is 58.3 Å². The Morgan fingerprint density at radius 1 is 1.00 bits per heavy atom. The van der Waals surface area contributed by atoms with Crippen LogP contribution < -0.4 is 4.90 Å². The van der Waals surface area contributed by atoms with Crippen molar-refractivity contribution in [3.05, 3.63) is 0 Å². The zero-order valence-electron chi connectivity index (χ0n) is 12.2. The van der Waals surface area contributed by atoms with Gasteiger partial charge in [-0.2, -0.15) is 0 Å². The van der Waals surface area contributed by atoms with Crippen LogP contribution in [-0.2, 0) is 9.53 Å². The lowest BCUT2D eigenvalue weighted by atomic mass is 9.67. The van der Waals surface area contributed by atoms with E-state index in [0.29, 0.717) is 11.8 Å². The first-order chi connectivity index (χ1) is 9.25. The third-order valence-corrected chi connectivity index (χ3v) is 5.69. The quantitative estimate of drug-likeness (QED) is 0.769. The molecule has 0 aromatic rings. The number of likely N-dealkylation sites (tertiary alicyclic amines) is 1. The average molecular weight is 266 g/mol. The standard InChI is InChI=1S/C16H27NO2/c1-12(18)19-16-13-6-5-7-14(16)15(9-8-13)17-10-3-2-4-11-17/h13-16H,2-11H2,1H3/p+1/t13-,14+,15+,16-/m0/s1. The van der Waals surface area contributed by atoms with Crippen LogP contribution in [0.4, 0.5) is 0 Å². The highest BCUT2D eigenvalue weighted by Gasteiger charge is 2.47. The third-order valence-electron chi connectivity index (χ3n) is 5.69. The van der Waals surface area contributed by atoms with Crippen LogP contribution in [0.5, 0.6) is 0 Å². The molecule has 108 valence electrons. The van der Waals surface area contributed by atoms with Gasteiger partial charge in [0.2, 0.25) is 0 Å². The zero-order chi connectivity index (χ0) is 13.2. The summed E-state index contributed by atoms with van der Waals surface area (Å²) in [6.07, 6.45) is 11.0. The fourth-order valence-corrected chi connectivity index (χ4v) is 4.90. The fourth-order valence-electron chi connectivity index (χ4n) is 4.90. The van der Waals surface area contributed by atoms with E-state index in [2.05, 4.69) is 0 Å². The number of esters is 1. The first-order valence-corrected chi connectivity index (χ1v) is 8.27. The number of nitrogens with one attached hydrogen (secondary N) is 1. The van der Waals surface area contributed by atoms with Gasteiger partial charge in [0.25, 0.3) is 0 Å². The van der Waals surface area contributed by atoms with Gasteiger partial charge in [-0.05, 0) is 44.4 Å². The van der Waals surface area contributed by atoms with Crippen LogP contribution in [0.25, 0.3) is 0 Å². The lowest BCUT2D eigenvalue weighted by molar-refractivity contribution is -0.936. The summed E-state index contributed by atoms with van der Waals surface area (Å²) in [6.45, 7) is 4.27. The maximum Gasteiger partial charge on any atom is 0.302 e. The summed E-state index contributed by atoms with van der Waals surface area (Å²) in [5.41, 5.74) is 0. The van der Waals surface area contributed by atoms with Crippen LogP contribution in [0.2, 0.25) is 0 Å². The minimum atomic E-state index is -0.0730. The molecule has 0 unspecified atom stereocenters. The van der Waals surface area contributed by atoms with Gasteiger partial charge in [0.1, 0.15) is 6.10 Å². The van der Waals surface area contributed by atoms with Gasteiger partial charge < -0.3 is 9.64 Å². The molecule has 3 rings (SSSR count). The Morgan fingerprint density at radius 3 is 2.53 bits per heavy atom. The lowest BCUT2D eigenvalue weighted by Gasteiger charge is -2.48. The second-order valence-corrected chi connectivity index (χ2v) is 6.83. The van der Waals surface area contributed by atoms with Crippen LogP contribution in [0.3, 0.4) is 0 Å². The molecule has 2 saturated carbocycles. The van der Waals surface area contributed by atoms with E-state index in [9.17, 15) is 4.79 Å². The molecule has 0 amide bonds. The monoisotopic (exact) mass is 266 g/mol. The summed E-state index contributed by atoms with van der Waals surface area (Å²) in [6, 6.07) is 0.765. The number of hydrogen-bond donors (Lipinski definition) is 1. The summed E-state index contributed by atoms with van der Waals surface area (Å²) >= 11 is 0. The number of carbonyl (C=O) groups is 1. The van der Waals surface area contributed by atoms with E-state index >= 15 is 0 Å². The number of piperidine rings is 1. The van der Waals surface area contributed by atoms with E-state index < -0.39 is 0 Å². The maximum atomic E-state index is 11.4. The summed E-state index contributed by atoms with van der Waals surface area (Å²) < 4.78 is 5.73. The van der Waals surface area contributed by atoms with Gasteiger partial charge in [-0.15, -0.1) is 0 Å². The third kappa shape index (κ3) is 2.81. The number of fused-ring (bicyclic) bond motifs is 2. The predicted molar refractivity (Wildman–Crippen MR) is 74.0 cm³/mol. The fraction of sp³-hybridized carbons (Fsp3) is 0.938. The Labute approximate surface area is 116 Å². The molecule has 3 nitrogen and oxygen atoms in total. The van der Waals surface area contributed by atoms with Crippen molar-refractivity contribution in [3.8, 4) is 0 Å². The van der Waals surface area contributed by atoms with E-state index in [-0.39, 0.29) is 12.1 Å². The molecule has 19 heavy (non-hydrogen) atoms. The molecule has 1 N–H and O–H groups in total. The largest absolute Gasteiger partial charge is 0.462 e. The highest BCUT2D eigenvalue weighted by Crippen LogP contribution is 2.41. The predicted octanol–water partition coefficient (Wildman–Crippen LogP) is 1.57. The van der Waals surface area contributed by atoms with Gasteiger partial charge in [-0.25, -0.2) is 0 Å². The highest BCUT2D eigenvalue weighted by atomic mass is 16.5. The minimum absolute atomic E-state index is 0.0730. The van der Waals surface area contributed by atoms with Crippen LogP contribution in [-0.4, -0.2) is 31.2 Å². The molecule has 4 atom stereocenters. The highest BCUT2D eigenvalue weighted by molar-refractivity contribution is 5.66. The van der Waals surface area contributed by atoms with Crippen LogP contribution in [0, 0.1) is 11.8 Å². The Bertz CT molecular complexity index is 325. The SMILES string of the molecule is CC(=O)O[C@H]1[C@H]2CCC[C@@H]1[C@H]([NH+]1CCCCC1)CC2. The van der Waals surface area contributed by atoms with Crippen molar-refractivity contribution in [3.63, 3.8) is 0 Å². The second kappa shape index (κ2) is 5.82. The molecule has 1 heterocycles. The second-order valence-electron chi connectivity index (χ2n) is 6.83. The van der Waals surface area contributed by atoms with Crippen molar-refractivity contribution in [2.75, 3.05) is 13.1 Å². The summed E-state index contributed by atoms with van der Waals surface area (Å²) in [5, 5.41) is 0. The van der Waals surface area contributed by atoms with Crippen molar-refractivity contribution >= 4 is 5.97 Å². The zero-order valence-corrected chi connectivity index (χ0v) is 12.2. The van der Waals surface area contributed by atoms with Gasteiger partial charge in [0.15, 0.2) is 0 Å². The molecule has 3 heteroatoms. The van der Waals surface area contributed by atoms with Gasteiger partial charge in [0.05, 0.1) is 19.1 Å². The number of ether oxygens (including phenoxy) is 1. The van der Waals surface area contributed by atoms with Crippen molar-refractivity contribution in [2.24, 2.45) is 11.8 Å². The Balaban J connectivity index is 1.72. The number of rotatable bonds is 2. The van der Waals surface area contributed by atoms with Crippen molar-refractivity contribution < 1.29 is 14.4 Å². The van der Waals surface area contributed by atoms with Gasteiger partial charge in [-0.3, -0.25) is 4.79 Å². The van der Waals surface area contributed by atoms with Crippen LogP contribution in [0.15, 0.2) is 0 Å². The summed E-state index contributed by atoms with van der Waals surface area (Å²) in [4.78, 5) is 13.2. The number of hydrogen-bond acceptors (Lipinski definition) is 2. The van der Waals surface area contributed by atoms with Gasteiger partial charge in [-0.1, -0.05) is 6.42 Å². The molecule has 0 aromatic heterocycles. The Hall–Kier alpha value is -0.570. The topological polar surface area (TPSA) is 30.7 Å². The molecule has 0 radical (unpaired) electrons. The minimum Gasteiger partial charge on any atom is -0.462 e. The van der Waals surface area contributed by atoms with Crippen molar-refractivity contribution in [1.82, 2.24) is 0 Å². The maximum absolute atomic E-state index is 11.4. The molecular formula is C16H28NO2+. The van der Waals surface area contributed by atoms with E-state index in [1.165, 1.54) is 64.5 Å². The van der Waals surface area contributed by atoms with E-state index in [1.807, 2.05) is 4.90 Å². The molecule has 3 aliphatic rings. The number of carbonyl (C=O) groups excluding carboxylic acids is 1. The van der Waals surface area contributed by atoms with E-state index in [4.69, 9.17) is 4.74 Å².